The number of aromatic nitrogens is 4. The molecule has 4 aromatic heterocycles. The van der Waals surface area contributed by atoms with Gasteiger partial charge in [0.1, 0.15) is 11.2 Å². The molecule has 8 aromatic carbocycles. The summed E-state index contributed by atoms with van der Waals surface area (Å²) in [6, 6.07) is 45.9. The molecule has 0 atom stereocenters. The minimum Gasteiger partial charge on any atom is -0.455 e. The lowest BCUT2D eigenvalue weighted by atomic mass is 9.98. The molecule has 0 amide bonds. The van der Waals surface area contributed by atoms with E-state index in [4.69, 9.17) is 24.9 Å². The van der Waals surface area contributed by atoms with Gasteiger partial charge in [-0.2, -0.15) is 0 Å². The molecule has 266 valence electrons. The lowest BCUT2D eigenvalue weighted by Gasteiger charge is -2.16. The molecule has 0 fully saturated rings. The second kappa shape index (κ2) is 12.6. The third-order valence-electron chi connectivity index (χ3n) is 10.6. The molecule has 0 aliphatic carbocycles. The first-order valence-electron chi connectivity index (χ1n) is 21.5. The molecule has 0 radical (unpaired) electrons. The Bertz CT molecular complexity index is 3830. The van der Waals surface area contributed by atoms with Crippen LogP contribution in [0.4, 0.5) is 0 Å². The summed E-state index contributed by atoms with van der Waals surface area (Å²) in [4.78, 5) is 15.3. The van der Waals surface area contributed by atoms with Crippen molar-refractivity contribution >= 4 is 75.3 Å². The summed E-state index contributed by atoms with van der Waals surface area (Å²) in [6.07, 6.45) is 0. The molecule has 0 saturated carbocycles. The third-order valence-corrected chi connectivity index (χ3v) is 11.8. The zero-order chi connectivity index (χ0) is 42.7. The van der Waals surface area contributed by atoms with Crippen molar-refractivity contribution in [3.63, 3.8) is 0 Å². The molecule has 12 aromatic rings. The van der Waals surface area contributed by atoms with Crippen LogP contribution in [0.2, 0.25) is 0 Å². The SMILES string of the molecule is [2H]c1cc([2H])c2c(c1[2H])c1c([2H])c([2H])cc([2H])c1n2-c1ccc(-c2nc(-c3ccccc3)nc(-c3ccc4c(c3)sc3ccccc34)n2)cc1-c1cccc2c1oc1ccccc12. The molecule has 0 spiro atoms. The number of furan rings is 1. The number of para-hydroxylation sites is 4. The number of hydrogen-bond donors (Lipinski definition) is 0. The van der Waals surface area contributed by atoms with Gasteiger partial charge in [0.15, 0.2) is 17.5 Å². The Morgan fingerprint density at radius 1 is 0.456 bits per heavy atom. The number of thiophene rings is 1. The molecule has 0 unspecified atom stereocenters. The summed E-state index contributed by atoms with van der Waals surface area (Å²) in [5, 5.41) is 4.57. The van der Waals surface area contributed by atoms with Crippen LogP contribution in [-0.2, 0) is 0 Å². The first-order chi connectivity index (χ1) is 30.7. The van der Waals surface area contributed by atoms with Gasteiger partial charge in [0.05, 0.1) is 24.9 Å². The van der Waals surface area contributed by atoms with Gasteiger partial charge in [0.2, 0.25) is 0 Å². The van der Waals surface area contributed by atoms with Gasteiger partial charge in [-0.15, -0.1) is 11.3 Å². The predicted molar refractivity (Wildman–Crippen MR) is 236 cm³/mol. The van der Waals surface area contributed by atoms with Crippen LogP contribution in [0.3, 0.4) is 0 Å². The van der Waals surface area contributed by atoms with Gasteiger partial charge in [-0.3, -0.25) is 0 Å². The van der Waals surface area contributed by atoms with Crippen LogP contribution in [-0.4, -0.2) is 19.5 Å². The molecule has 0 aliphatic heterocycles. The van der Waals surface area contributed by atoms with E-state index in [1.54, 1.807) is 15.9 Å². The Hall–Kier alpha value is -7.41. The van der Waals surface area contributed by atoms with Crippen LogP contribution in [0.15, 0.2) is 186 Å². The fourth-order valence-corrected chi connectivity index (χ4v) is 9.16. The van der Waals surface area contributed by atoms with Crippen LogP contribution in [0, 0.1) is 0 Å². The van der Waals surface area contributed by atoms with Crippen LogP contribution < -0.4 is 0 Å². The predicted octanol–water partition coefficient (Wildman–Crippen LogP) is 13.9. The van der Waals surface area contributed by atoms with Gasteiger partial charge < -0.3 is 8.98 Å². The van der Waals surface area contributed by atoms with Gasteiger partial charge in [-0.05, 0) is 48.5 Å². The number of rotatable bonds is 5. The molecular weight excluding hydrogens is 717 g/mol. The Morgan fingerprint density at radius 2 is 1.09 bits per heavy atom. The topological polar surface area (TPSA) is 56.7 Å². The normalized spacial score (nSPS) is 13.3. The molecule has 0 bridgehead atoms. The highest BCUT2D eigenvalue weighted by molar-refractivity contribution is 7.25. The van der Waals surface area contributed by atoms with Crippen molar-refractivity contribution in [1.29, 1.82) is 0 Å². The first-order valence-corrected chi connectivity index (χ1v) is 19.3. The number of nitrogens with zero attached hydrogens (tertiary/aromatic N) is 4. The molecule has 0 N–H and O–H groups in total. The second-order valence-electron chi connectivity index (χ2n) is 13.9. The summed E-state index contributed by atoms with van der Waals surface area (Å²) in [5.74, 6) is 1.43. The van der Waals surface area contributed by atoms with Crippen molar-refractivity contribution in [2.45, 2.75) is 0 Å². The van der Waals surface area contributed by atoms with E-state index < -0.39 is 0 Å². The summed E-state index contributed by atoms with van der Waals surface area (Å²) < 4.78 is 64.4. The van der Waals surface area contributed by atoms with E-state index in [2.05, 4.69) is 42.5 Å². The average molecular weight is 753 g/mol. The molecule has 0 saturated heterocycles. The fraction of sp³-hybridized carbons (Fsp3) is 0. The average Bonchev–Trinajstić information content (AvgIpc) is 4.00. The Balaban J connectivity index is 1.16. The number of fused-ring (bicyclic) bond motifs is 9. The van der Waals surface area contributed by atoms with E-state index in [9.17, 15) is 2.74 Å². The molecule has 5 nitrogen and oxygen atoms in total. The molecule has 57 heavy (non-hydrogen) atoms. The zero-order valence-corrected chi connectivity index (χ0v) is 30.8. The van der Waals surface area contributed by atoms with E-state index in [0.29, 0.717) is 51.0 Å². The first kappa shape index (κ1) is 26.4. The molecular formula is C51H30N4OS. The van der Waals surface area contributed by atoms with E-state index in [1.165, 1.54) is 27.6 Å². The van der Waals surface area contributed by atoms with E-state index in [-0.39, 0.29) is 58.1 Å². The van der Waals surface area contributed by atoms with E-state index >= 15 is 0 Å². The molecule has 4 heterocycles. The van der Waals surface area contributed by atoms with Crippen molar-refractivity contribution in [2.24, 2.45) is 0 Å². The summed E-state index contributed by atoms with van der Waals surface area (Å²) in [5.41, 5.74) is 6.08. The Kier molecular flexibility index (Phi) is 5.82. The van der Waals surface area contributed by atoms with Crippen LogP contribution >= 0.6 is 11.3 Å². The fourth-order valence-electron chi connectivity index (χ4n) is 8.02. The highest BCUT2D eigenvalue weighted by Crippen LogP contribution is 2.43. The largest absolute Gasteiger partial charge is 0.455 e. The van der Waals surface area contributed by atoms with Crippen LogP contribution in [0.5, 0.6) is 0 Å². The van der Waals surface area contributed by atoms with Gasteiger partial charge >= 0.3 is 0 Å². The smallest absolute Gasteiger partial charge is 0.164 e. The highest BCUT2D eigenvalue weighted by Gasteiger charge is 2.21. The standard InChI is InChI=1S/C51H30N4OS/c1-2-13-31(14-3-1)49-52-50(54-51(53-49)33-25-27-38-37-18-7-11-24-46(37)57-47(38)30-33)32-26-28-44(55-42-21-8-4-15-34(42)35-16-5-9-22-43(35)55)41(29-32)40-20-12-19-39-36-17-6-10-23-45(36)56-48(39)40/h1-30H/i4D,5D,15D,16D,21D,22D. The van der Waals surface area contributed by atoms with Crippen molar-refractivity contribution in [3.8, 4) is 51.0 Å². The molecule has 0 aliphatic rings. The van der Waals surface area contributed by atoms with Crippen molar-refractivity contribution < 1.29 is 12.6 Å². The van der Waals surface area contributed by atoms with Gasteiger partial charge in [0, 0.05) is 69.5 Å². The lowest BCUT2D eigenvalue weighted by Crippen LogP contribution is -2.02. The number of benzene rings is 8. The van der Waals surface area contributed by atoms with E-state index in [1.807, 2.05) is 91.0 Å². The van der Waals surface area contributed by atoms with Crippen molar-refractivity contribution in [3.05, 3.63) is 182 Å². The monoisotopic (exact) mass is 752 g/mol. The Labute approximate surface area is 339 Å². The maximum Gasteiger partial charge on any atom is 0.164 e. The maximum absolute atomic E-state index is 9.23. The number of hydrogen-bond acceptors (Lipinski definition) is 5. The Morgan fingerprint density at radius 3 is 1.88 bits per heavy atom. The van der Waals surface area contributed by atoms with Crippen LogP contribution in [0.25, 0.3) is 115 Å². The summed E-state index contributed by atoms with van der Waals surface area (Å²) >= 11 is 1.73. The summed E-state index contributed by atoms with van der Waals surface area (Å²) in [6.45, 7) is 0. The van der Waals surface area contributed by atoms with Gasteiger partial charge in [-0.25, -0.2) is 15.0 Å². The van der Waals surface area contributed by atoms with Crippen LogP contribution in [0.1, 0.15) is 8.22 Å². The molecule has 12 rings (SSSR count). The maximum atomic E-state index is 9.23. The van der Waals surface area contributed by atoms with E-state index in [0.717, 1.165) is 26.6 Å². The minimum absolute atomic E-state index is 0.0466. The van der Waals surface area contributed by atoms with Crippen molar-refractivity contribution in [1.82, 2.24) is 19.5 Å². The minimum atomic E-state index is -0.180. The highest BCUT2D eigenvalue weighted by atomic mass is 32.1. The lowest BCUT2D eigenvalue weighted by molar-refractivity contribution is 0.670. The van der Waals surface area contributed by atoms with Gasteiger partial charge in [0.25, 0.3) is 0 Å². The van der Waals surface area contributed by atoms with Crippen molar-refractivity contribution in [2.75, 3.05) is 0 Å². The molecule has 6 heteroatoms. The zero-order valence-electron chi connectivity index (χ0n) is 36.0. The van der Waals surface area contributed by atoms with Gasteiger partial charge in [-0.1, -0.05) is 133 Å². The quantitative estimate of drug-likeness (QED) is 0.176. The third kappa shape index (κ3) is 5.04. The summed E-state index contributed by atoms with van der Waals surface area (Å²) in [7, 11) is 0. The second-order valence-corrected chi connectivity index (χ2v) is 15.0.